The van der Waals surface area contributed by atoms with E-state index in [0.717, 1.165) is 27.7 Å². The van der Waals surface area contributed by atoms with Crippen LogP contribution in [0, 0.1) is 6.92 Å². The summed E-state index contributed by atoms with van der Waals surface area (Å²) in [5.41, 5.74) is 4.63. The molecule has 4 rings (SSSR count). The highest BCUT2D eigenvalue weighted by Crippen LogP contribution is 2.19. The number of aromatic amines is 1. The van der Waals surface area contributed by atoms with Crippen molar-refractivity contribution in [2.45, 2.75) is 32.8 Å². The molecule has 2 aromatic carbocycles. The highest BCUT2D eigenvalue weighted by atomic mass is 32.1. The number of H-pyrrole nitrogens is 1. The van der Waals surface area contributed by atoms with Gasteiger partial charge >= 0.3 is 5.97 Å². The highest BCUT2D eigenvalue weighted by molar-refractivity contribution is 7.09. The maximum absolute atomic E-state index is 12.3. The van der Waals surface area contributed by atoms with Crippen molar-refractivity contribution >= 4 is 39.8 Å². The van der Waals surface area contributed by atoms with E-state index in [1.165, 1.54) is 11.3 Å². The van der Waals surface area contributed by atoms with Gasteiger partial charge in [0.2, 0.25) is 5.91 Å². The van der Waals surface area contributed by atoms with Gasteiger partial charge in [-0.1, -0.05) is 36.4 Å². The number of thiazole rings is 1. The Bertz CT molecular complexity index is 1210. The minimum Gasteiger partial charge on any atom is -0.459 e. The predicted molar refractivity (Wildman–Crippen MR) is 122 cm³/mol. The average molecular weight is 434 g/mol. The fourth-order valence-corrected chi connectivity index (χ4v) is 4.12. The van der Waals surface area contributed by atoms with Crippen molar-refractivity contribution in [2.75, 3.05) is 5.32 Å². The zero-order valence-corrected chi connectivity index (χ0v) is 18.0. The molecule has 0 fully saturated rings. The summed E-state index contributed by atoms with van der Waals surface area (Å²) < 4.78 is 5.36. The SMILES string of the molecule is Cc1ccccc1NC(=O)Cc1nc(COC(=O)CCc2c[nH]c3ccccc23)cs1. The number of nitrogens with one attached hydrogen (secondary N) is 2. The van der Waals surface area contributed by atoms with Crippen LogP contribution in [0.2, 0.25) is 0 Å². The molecule has 0 radical (unpaired) electrons. The molecule has 6 nitrogen and oxygen atoms in total. The number of anilines is 1. The number of ether oxygens (including phenoxy) is 1. The minimum absolute atomic E-state index is 0.114. The van der Waals surface area contributed by atoms with Crippen LogP contribution < -0.4 is 5.32 Å². The van der Waals surface area contributed by atoms with E-state index in [9.17, 15) is 9.59 Å². The van der Waals surface area contributed by atoms with Gasteiger partial charge in [0.1, 0.15) is 11.6 Å². The van der Waals surface area contributed by atoms with Crippen molar-refractivity contribution in [3.05, 3.63) is 81.9 Å². The van der Waals surface area contributed by atoms with Crippen LogP contribution in [0.1, 0.15) is 28.2 Å². The van der Waals surface area contributed by atoms with Crippen molar-refractivity contribution in [3.8, 4) is 0 Å². The molecule has 7 heteroatoms. The van der Waals surface area contributed by atoms with E-state index < -0.39 is 0 Å². The van der Waals surface area contributed by atoms with E-state index in [-0.39, 0.29) is 24.9 Å². The van der Waals surface area contributed by atoms with Gasteiger partial charge in [0, 0.05) is 34.6 Å². The Hall–Kier alpha value is -3.45. The minimum atomic E-state index is -0.267. The van der Waals surface area contributed by atoms with Crippen LogP contribution in [0.5, 0.6) is 0 Å². The molecule has 2 heterocycles. The van der Waals surface area contributed by atoms with Crippen LogP contribution in [-0.4, -0.2) is 21.8 Å². The van der Waals surface area contributed by atoms with E-state index in [1.807, 2.05) is 67.0 Å². The Kier molecular flexibility index (Phi) is 6.43. The Morgan fingerprint density at radius 1 is 1.13 bits per heavy atom. The monoisotopic (exact) mass is 433 g/mol. The van der Waals surface area contributed by atoms with Gasteiger partial charge in [0.25, 0.3) is 0 Å². The van der Waals surface area contributed by atoms with E-state index in [0.29, 0.717) is 23.5 Å². The number of hydrogen-bond acceptors (Lipinski definition) is 5. The number of carbonyl (C=O) groups is 2. The molecule has 0 atom stereocenters. The van der Waals surface area contributed by atoms with Gasteiger partial charge in [-0.15, -0.1) is 11.3 Å². The van der Waals surface area contributed by atoms with Crippen LogP contribution >= 0.6 is 11.3 Å². The molecule has 158 valence electrons. The molecule has 0 aliphatic heterocycles. The third-order valence-corrected chi connectivity index (χ3v) is 5.88. The number of esters is 1. The summed E-state index contributed by atoms with van der Waals surface area (Å²) >= 11 is 1.39. The van der Waals surface area contributed by atoms with Crippen molar-refractivity contribution in [2.24, 2.45) is 0 Å². The number of benzene rings is 2. The van der Waals surface area contributed by atoms with Crippen molar-refractivity contribution in [1.29, 1.82) is 0 Å². The molecular weight excluding hydrogens is 410 g/mol. The van der Waals surface area contributed by atoms with Gasteiger partial charge < -0.3 is 15.0 Å². The average Bonchev–Trinajstić information content (AvgIpc) is 3.39. The number of rotatable bonds is 8. The molecule has 31 heavy (non-hydrogen) atoms. The number of fused-ring (bicyclic) bond motifs is 1. The number of nitrogens with zero attached hydrogens (tertiary/aromatic N) is 1. The molecule has 0 spiro atoms. The maximum Gasteiger partial charge on any atom is 0.306 e. The molecule has 0 bridgehead atoms. The van der Waals surface area contributed by atoms with Gasteiger partial charge in [0.05, 0.1) is 12.1 Å². The largest absolute Gasteiger partial charge is 0.459 e. The summed E-state index contributed by atoms with van der Waals surface area (Å²) in [5.74, 6) is -0.386. The van der Waals surface area contributed by atoms with E-state index in [4.69, 9.17) is 4.74 Å². The lowest BCUT2D eigenvalue weighted by Gasteiger charge is -2.06. The van der Waals surface area contributed by atoms with Crippen LogP contribution in [0.25, 0.3) is 10.9 Å². The molecule has 0 aliphatic rings. The zero-order valence-electron chi connectivity index (χ0n) is 17.2. The fraction of sp³-hybridized carbons (Fsp3) is 0.208. The second-order valence-electron chi connectivity index (χ2n) is 7.29. The molecule has 0 saturated heterocycles. The number of amides is 1. The number of carbonyl (C=O) groups excluding carboxylic acids is 2. The molecule has 4 aromatic rings. The van der Waals surface area contributed by atoms with Crippen LogP contribution in [0.15, 0.2) is 60.1 Å². The van der Waals surface area contributed by atoms with Crippen LogP contribution in [-0.2, 0) is 33.8 Å². The summed E-state index contributed by atoms with van der Waals surface area (Å²) in [7, 11) is 0. The second-order valence-corrected chi connectivity index (χ2v) is 8.24. The van der Waals surface area contributed by atoms with Gasteiger partial charge in [0.15, 0.2) is 0 Å². The van der Waals surface area contributed by atoms with Gasteiger partial charge in [-0.25, -0.2) is 4.98 Å². The first-order valence-corrected chi connectivity index (χ1v) is 11.0. The highest BCUT2D eigenvalue weighted by Gasteiger charge is 2.12. The summed E-state index contributed by atoms with van der Waals surface area (Å²) in [6, 6.07) is 15.7. The standard InChI is InChI=1S/C24H23N3O3S/c1-16-6-2-4-8-20(16)27-22(28)12-23-26-18(15-31-23)14-30-24(29)11-10-17-13-25-21-9-5-3-7-19(17)21/h2-9,13,15,25H,10-12,14H2,1H3,(H,27,28). The molecule has 2 N–H and O–H groups in total. The van der Waals surface area contributed by atoms with Gasteiger partial charge in [-0.2, -0.15) is 0 Å². The number of aromatic nitrogens is 2. The quantitative estimate of drug-likeness (QED) is 0.391. The lowest BCUT2D eigenvalue weighted by molar-refractivity contribution is -0.145. The van der Waals surface area contributed by atoms with Crippen LogP contribution in [0.3, 0.4) is 0 Å². The Balaban J connectivity index is 1.23. The smallest absolute Gasteiger partial charge is 0.306 e. The lowest BCUT2D eigenvalue weighted by Crippen LogP contribution is -2.15. The molecule has 0 saturated carbocycles. The van der Waals surface area contributed by atoms with E-state index in [1.54, 1.807) is 0 Å². The van der Waals surface area contributed by atoms with Crippen LogP contribution in [0.4, 0.5) is 5.69 Å². The molecule has 1 amide bonds. The zero-order chi connectivity index (χ0) is 21.6. The number of hydrogen-bond donors (Lipinski definition) is 2. The number of aryl methyl sites for hydroxylation is 2. The molecule has 0 aliphatic carbocycles. The van der Waals surface area contributed by atoms with Crippen molar-refractivity contribution < 1.29 is 14.3 Å². The van der Waals surface area contributed by atoms with Crippen molar-refractivity contribution in [3.63, 3.8) is 0 Å². The Morgan fingerprint density at radius 3 is 2.81 bits per heavy atom. The summed E-state index contributed by atoms with van der Waals surface area (Å²) in [5, 5.41) is 6.54. The first-order valence-electron chi connectivity index (χ1n) is 10.1. The first-order chi connectivity index (χ1) is 15.1. The topological polar surface area (TPSA) is 84.1 Å². The fourth-order valence-electron chi connectivity index (χ4n) is 3.34. The summed E-state index contributed by atoms with van der Waals surface area (Å²) in [6.07, 6.45) is 3.04. The molecular formula is C24H23N3O3S. The first kappa shape index (κ1) is 20.8. The number of para-hydroxylation sites is 2. The molecule has 2 aromatic heterocycles. The lowest BCUT2D eigenvalue weighted by atomic mass is 10.1. The summed E-state index contributed by atoms with van der Waals surface area (Å²) in [6.45, 7) is 2.06. The van der Waals surface area contributed by atoms with Crippen molar-refractivity contribution in [1.82, 2.24) is 9.97 Å². The normalized spacial score (nSPS) is 10.9. The maximum atomic E-state index is 12.3. The Morgan fingerprint density at radius 2 is 1.94 bits per heavy atom. The van der Waals surface area contributed by atoms with E-state index >= 15 is 0 Å². The predicted octanol–water partition coefficient (Wildman–Crippen LogP) is 4.79. The second kappa shape index (κ2) is 9.57. The third kappa shape index (κ3) is 5.38. The third-order valence-electron chi connectivity index (χ3n) is 4.98. The van der Waals surface area contributed by atoms with Gasteiger partial charge in [-0.05, 0) is 36.6 Å². The van der Waals surface area contributed by atoms with E-state index in [2.05, 4.69) is 15.3 Å². The van der Waals surface area contributed by atoms with Gasteiger partial charge in [-0.3, -0.25) is 9.59 Å². The molecule has 0 unspecified atom stereocenters. The summed E-state index contributed by atoms with van der Waals surface area (Å²) in [4.78, 5) is 32.0. The Labute approximate surface area is 184 Å².